The predicted molar refractivity (Wildman–Crippen MR) is 65.4 cm³/mol. The van der Waals surface area contributed by atoms with Gasteiger partial charge in [0.2, 0.25) is 0 Å². The first-order valence-corrected chi connectivity index (χ1v) is 5.77. The maximum absolute atomic E-state index is 5.22. The van der Waals surface area contributed by atoms with E-state index in [9.17, 15) is 0 Å². The molecular formula is C12H13NO2S. The highest BCUT2D eigenvalue weighted by Gasteiger charge is 2.06. The topological polar surface area (TPSA) is 31.4 Å². The van der Waals surface area contributed by atoms with Crippen molar-refractivity contribution < 1.29 is 9.47 Å². The number of hydrogen-bond acceptors (Lipinski definition) is 4. The number of benzene rings is 1. The van der Waals surface area contributed by atoms with E-state index in [1.807, 2.05) is 24.4 Å². The van der Waals surface area contributed by atoms with E-state index in [2.05, 4.69) is 11.1 Å². The molecule has 0 N–H and O–H groups in total. The summed E-state index contributed by atoms with van der Waals surface area (Å²) in [6.45, 7) is 2.02. The molecule has 1 aromatic heterocycles. The Bertz CT molecular complexity index is 494. The second-order valence-corrected chi connectivity index (χ2v) is 4.21. The monoisotopic (exact) mass is 235 g/mol. The van der Waals surface area contributed by atoms with Crippen LogP contribution in [-0.2, 0) is 0 Å². The number of hydrogen-bond donors (Lipinski definition) is 0. The number of rotatable bonds is 3. The molecule has 1 aromatic carbocycles. The summed E-state index contributed by atoms with van der Waals surface area (Å²) in [6, 6.07) is 6.02. The van der Waals surface area contributed by atoms with Crippen LogP contribution in [0.15, 0.2) is 23.6 Å². The van der Waals surface area contributed by atoms with Crippen molar-refractivity contribution in [1.29, 1.82) is 0 Å². The summed E-state index contributed by atoms with van der Waals surface area (Å²) in [6.07, 6.45) is 0. The molecule has 0 saturated heterocycles. The predicted octanol–water partition coefficient (Wildman–Crippen LogP) is 3.14. The molecule has 84 valence electrons. The fraction of sp³-hybridized carbons (Fsp3) is 0.250. The van der Waals surface area contributed by atoms with Crippen molar-refractivity contribution in [1.82, 2.24) is 4.98 Å². The van der Waals surface area contributed by atoms with E-state index >= 15 is 0 Å². The van der Waals surface area contributed by atoms with Gasteiger partial charge in [0.15, 0.2) is 0 Å². The molecule has 1 heterocycles. The highest BCUT2D eigenvalue weighted by Crippen LogP contribution is 2.29. The summed E-state index contributed by atoms with van der Waals surface area (Å²) in [5.74, 6) is 0.894. The third kappa shape index (κ3) is 2.02. The van der Waals surface area contributed by atoms with Gasteiger partial charge in [-0.25, -0.2) is 4.98 Å². The lowest BCUT2D eigenvalue weighted by molar-refractivity contribution is 0.411. The SMILES string of the molecule is COc1nc(-c2ccc(OC)c(C)c2)cs1. The quantitative estimate of drug-likeness (QED) is 0.819. The highest BCUT2D eigenvalue weighted by molar-refractivity contribution is 7.11. The van der Waals surface area contributed by atoms with Gasteiger partial charge in [-0.05, 0) is 30.7 Å². The van der Waals surface area contributed by atoms with Crippen LogP contribution in [0.25, 0.3) is 11.3 Å². The van der Waals surface area contributed by atoms with E-state index in [1.165, 1.54) is 11.3 Å². The molecule has 0 atom stereocenters. The van der Waals surface area contributed by atoms with Crippen LogP contribution in [-0.4, -0.2) is 19.2 Å². The molecule has 3 nitrogen and oxygen atoms in total. The minimum absolute atomic E-state index is 0.684. The van der Waals surface area contributed by atoms with Gasteiger partial charge in [-0.15, -0.1) is 0 Å². The van der Waals surface area contributed by atoms with Crippen molar-refractivity contribution in [3.63, 3.8) is 0 Å². The lowest BCUT2D eigenvalue weighted by Gasteiger charge is -2.05. The highest BCUT2D eigenvalue weighted by atomic mass is 32.1. The van der Waals surface area contributed by atoms with Crippen LogP contribution in [0.2, 0.25) is 0 Å². The fourth-order valence-corrected chi connectivity index (χ4v) is 2.17. The maximum Gasteiger partial charge on any atom is 0.273 e. The minimum Gasteiger partial charge on any atom is -0.496 e. The molecule has 4 heteroatoms. The van der Waals surface area contributed by atoms with Crippen LogP contribution in [0.5, 0.6) is 10.9 Å². The third-order valence-corrected chi connectivity index (χ3v) is 3.15. The van der Waals surface area contributed by atoms with Crippen molar-refractivity contribution in [2.45, 2.75) is 6.92 Å². The number of ether oxygens (including phenoxy) is 2. The summed E-state index contributed by atoms with van der Waals surface area (Å²) < 4.78 is 10.3. The summed E-state index contributed by atoms with van der Waals surface area (Å²) in [5.41, 5.74) is 3.12. The lowest BCUT2D eigenvalue weighted by Crippen LogP contribution is -1.88. The second-order valence-electron chi connectivity index (χ2n) is 3.39. The first-order valence-electron chi connectivity index (χ1n) is 4.89. The number of thiazole rings is 1. The second kappa shape index (κ2) is 4.53. The van der Waals surface area contributed by atoms with Crippen molar-refractivity contribution in [3.8, 4) is 22.2 Å². The van der Waals surface area contributed by atoms with Crippen LogP contribution in [0.1, 0.15) is 5.56 Å². The molecule has 0 saturated carbocycles. The Labute approximate surface area is 98.7 Å². The Balaban J connectivity index is 2.37. The van der Waals surface area contributed by atoms with Crippen molar-refractivity contribution >= 4 is 11.3 Å². The number of aromatic nitrogens is 1. The van der Waals surface area contributed by atoms with Crippen LogP contribution < -0.4 is 9.47 Å². The normalized spacial score (nSPS) is 10.2. The zero-order valence-corrected chi connectivity index (χ0v) is 10.3. The number of nitrogens with zero attached hydrogens (tertiary/aromatic N) is 1. The standard InChI is InChI=1S/C12H13NO2S/c1-8-6-9(4-5-11(8)14-2)10-7-16-12(13-10)15-3/h4-7H,1-3H3. The van der Waals surface area contributed by atoms with E-state index in [1.54, 1.807) is 14.2 Å². The van der Waals surface area contributed by atoms with Crippen LogP contribution >= 0.6 is 11.3 Å². The van der Waals surface area contributed by atoms with Crippen LogP contribution in [0, 0.1) is 6.92 Å². The molecule has 0 fully saturated rings. The van der Waals surface area contributed by atoms with E-state index < -0.39 is 0 Å². The molecule has 0 radical (unpaired) electrons. The molecule has 2 rings (SSSR count). The van der Waals surface area contributed by atoms with Gasteiger partial charge in [0.1, 0.15) is 5.75 Å². The molecule has 0 bridgehead atoms. The van der Waals surface area contributed by atoms with E-state index in [0.29, 0.717) is 5.19 Å². The van der Waals surface area contributed by atoms with Crippen molar-refractivity contribution in [3.05, 3.63) is 29.1 Å². The minimum atomic E-state index is 0.684. The van der Waals surface area contributed by atoms with E-state index in [0.717, 1.165) is 22.6 Å². The Morgan fingerprint density at radius 3 is 2.56 bits per heavy atom. The van der Waals surface area contributed by atoms with Gasteiger partial charge in [-0.1, -0.05) is 11.3 Å². The molecule has 0 spiro atoms. The molecule has 0 aliphatic heterocycles. The largest absolute Gasteiger partial charge is 0.496 e. The van der Waals surface area contributed by atoms with E-state index in [-0.39, 0.29) is 0 Å². The molecule has 0 aliphatic rings. The summed E-state index contributed by atoms with van der Waals surface area (Å²) >= 11 is 1.50. The van der Waals surface area contributed by atoms with Crippen molar-refractivity contribution in [2.24, 2.45) is 0 Å². The maximum atomic E-state index is 5.22. The fourth-order valence-electron chi connectivity index (χ4n) is 1.52. The molecule has 0 aliphatic carbocycles. The molecule has 0 amide bonds. The van der Waals surface area contributed by atoms with E-state index in [4.69, 9.17) is 9.47 Å². The van der Waals surface area contributed by atoms with Gasteiger partial charge < -0.3 is 9.47 Å². The summed E-state index contributed by atoms with van der Waals surface area (Å²) in [7, 11) is 3.30. The third-order valence-electron chi connectivity index (χ3n) is 2.35. The zero-order valence-electron chi connectivity index (χ0n) is 9.48. The van der Waals surface area contributed by atoms with Gasteiger partial charge >= 0.3 is 0 Å². The first kappa shape index (κ1) is 11.0. The Morgan fingerprint density at radius 1 is 1.19 bits per heavy atom. The van der Waals surface area contributed by atoms with Crippen molar-refractivity contribution in [2.75, 3.05) is 14.2 Å². The summed E-state index contributed by atoms with van der Waals surface area (Å²) in [4.78, 5) is 4.35. The Hall–Kier alpha value is -1.55. The smallest absolute Gasteiger partial charge is 0.273 e. The van der Waals surface area contributed by atoms with Gasteiger partial charge in [0.05, 0.1) is 19.9 Å². The average molecular weight is 235 g/mol. The van der Waals surface area contributed by atoms with Gasteiger partial charge in [-0.2, -0.15) is 0 Å². The zero-order chi connectivity index (χ0) is 11.5. The summed E-state index contributed by atoms with van der Waals surface area (Å²) in [5, 5.41) is 2.67. The number of methoxy groups -OCH3 is 2. The van der Waals surface area contributed by atoms with Gasteiger partial charge in [0, 0.05) is 10.9 Å². The Kier molecular flexibility index (Phi) is 3.10. The number of aryl methyl sites for hydroxylation is 1. The Morgan fingerprint density at radius 2 is 2.00 bits per heavy atom. The first-order chi connectivity index (χ1) is 7.74. The molecule has 16 heavy (non-hydrogen) atoms. The van der Waals surface area contributed by atoms with Gasteiger partial charge in [-0.3, -0.25) is 0 Å². The van der Waals surface area contributed by atoms with Crippen LogP contribution in [0.4, 0.5) is 0 Å². The average Bonchev–Trinajstić information content (AvgIpc) is 2.77. The van der Waals surface area contributed by atoms with Gasteiger partial charge in [0.25, 0.3) is 5.19 Å². The lowest BCUT2D eigenvalue weighted by atomic mass is 10.1. The molecule has 2 aromatic rings. The molecule has 0 unspecified atom stereocenters. The molecular weight excluding hydrogens is 222 g/mol. The van der Waals surface area contributed by atoms with Crippen LogP contribution in [0.3, 0.4) is 0 Å².